The second-order valence-electron chi connectivity index (χ2n) is 19.8. The summed E-state index contributed by atoms with van der Waals surface area (Å²) < 4.78 is 22.8. The Labute approximate surface area is 512 Å². The van der Waals surface area contributed by atoms with Gasteiger partial charge in [-0.25, -0.2) is 4.79 Å². The number of nitrogens with two attached hydrogens (primary N) is 2. The van der Waals surface area contributed by atoms with E-state index >= 15 is 0 Å². The van der Waals surface area contributed by atoms with Crippen molar-refractivity contribution in [3.05, 3.63) is 0 Å². The lowest BCUT2D eigenvalue weighted by molar-refractivity contribution is -0.143. The van der Waals surface area contributed by atoms with Gasteiger partial charge in [-0.3, -0.25) is 33.5 Å². The summed E-state index contributed by atoms with van der Waals surface area (Å²) in [4.78, 5) is 96.8. The number of unbranched alkanes of at least 4 members (excludes halogenated alkanes) is 16. The molecule has 4 amide bonds. The van der Waals surface area contributed by atoms with E-state index in [1.54, 1.807) is 0 Å². The molecule has 0 spiro atoms. The van der Waals surface area contributed by atoms with Gasteiger partial charge in [0.2, 0.25) is 23.6 Å². The van der Waals surface area contributed by atoms with Gasteiger partial charge in [0.1, 0.15) is 37.9 Å². The van der Waals surface area contributed by atoms with Gasteiger partial charge in [-0.2, -0.15) is 0 Å². The molecule has 0 bridgehead atoms. The average molecular weight is 1250 g/mol. The predicted molar refractivity (Wildman–Crippen MR) is 339 cm³/mol. The van der Waals surface area contributed by atoms with Gasteiger partial charge in [0.05, 0.1) is 46.2 Å². The molecule has 0 aliphatic heterocycles. The molecule has 26 heteroatoms. The highest BCUT2D eigenvalue weighted by Gasteiger charge is 2.29. The highest BCUT2D eigenvalue weighted by molar-refractivity contribution is 7.78. The number of aldehydes is 2. The van der Waals surface area contributed by atoms with E-state index < -0.39 is 23.9 Å². The number of hydrogen-bond acceptors (Lipinski definition) is 19. The number of aliphatic hydroxyl groups excluding tert-OH is 1. The second-order valence-corrected chi connectivity index (χ2v) is 20.4. The minimum Gasteiger partial charge on any atom is -0.481 e. The fraction of sp³-hybridized carbons (Fsp3) is 0.845. The van der Waals surface area contributed by atoms with E-state index in [-0.39, 0.29) is 56.2 Å². The minimum atomic E-state index is -1.12. The third-order valence-corrected chi connectivity index (χ3v) is 12.0. The lowest BCUT2D eigenvalue weighted by Crippen LogP contribution is -2.44. The van der Waals surface area contributed by atoms with E-state index in [9.17, 15) is 43.5 Å². The Hall–Kier alpha value is -3.75. The first-order chi connectivity index (χ1) is 40.5. The zero-order valence-electron chi connectivity index (χ0n) is 52.4. The maximum atomic E-state index is 12.5. The molecule has 84 heavy (non-hydrogen) atoms. The number of carboxylic acids is 2. The summed E-state index contributed by atoms with van der Waals surface area (Å²) >= 11 is 3.51. The van der Waals surface area contributed by atoms with Crippen LogP contribution in [-0.4, -0.2) is 188 Å². The summed E-state index contributed by atoms with van der Waals surface area (Å²) in [5.74, 6) is -2.39. The summed E-state index contributed by atoms with van der Waals surface area (Å²) in [7, 11) is 6.73. The first-order valence-electron chi connectivity index (χ1n) is 30.2. The van der Waals surface area contributed by atoms with Crippen LogP contribution in [0.3, 0.4) is 0 Å². The number of likely N-dealkylation sites (N-methyl/N-ethyl adjacent to an activating group) is 1. The van der Waals surface area contributed by atoms with Crippen LogP contribution in [0.25, 0.3) is 0 Å². The molecule has 24 nitrogen and oxygen atoms in total. The second kappa shape index (κ2) is 79.2. The molecule has 0 saturated heterocycles. The van der Waals surface area contributed by atoms with Crippen molar-refractivity contribution in [2.24, 2.45) is 23.3 Å². The number of carbonyl (C=O) groups excluding carboxylic acids is 7. The monoisotopic (exact) mass is 1250 g/mol. The Balaban J connectivity index is -0.000000296. The molecule has 2 unspecified atom stereocenters. The van der Waals surface area contributed by atoms with Crippen molar-refractivity contribution >= 4 is 76.2 Å². The van der Waals surface area contributed by atoms with Crippen molar-refractivity contribution in [2.45, 2.75) is 200 Å². The van der Waals surface area contributed by atoms with Crippen LogP contribution in [0.1, 0.15) is 188 Å². The quantitative estimate of drug-likeness (QED) is 0.0164. The van der Waals surface area contributed by atoms with E-state index in [1.807, 2.05) is 37.2 Å². The molecule has 0 aromatic heterocycles. The predicted octanol–water partition coefficient (Wildman–Crippen LogP) is 5.08. The number of primary amides is 1. The van der Waals surface area contributed by atoms with E-state index in [2.05, 4.69) is 56.8 Å². The van der Waals surface area contributed by atoms with Crippen molar-refractivity contribution in [1.82, 2.24) is 31.3 Å². The zero-order valence-corrected chi connectivity index (χ0v) is 54.5. The number of aliphatic hydroxyl groups is 1. The third-order valence-electron chi connectivity index (χ3n) is 11.8. The van der Waals surface area contributed by atoms with Crippen molar-refractivity contribution in [3.63, 3.8) is 0 Å². The molecule has 1 aliphatic rings. The lowest BCUT2D eigenvalue weighted by Gasteiger charge is -2.28. The molecule has 0 aromatic rings. The number of carbonyl (C=O) groups is 9. The molecule has 1 rings (SSSR count). The molecule has 1 saturated carbocycles. The molecule has 498 valence electrons. The molecular weight excluding hydrogens is 1130 g/mol. The van der Waals surface area contributed by atoms with Gasteiger partial charge in [0.15, 0.2) is 0 Å². The van der Waals surface area contributed by atoms with Gasteiger partial charge in [-0.1, -0.05) is 139 Å². The largest absolute Gasteiger partial charge is 0.481 e. The Morgan fingerprint density at radius 2 is 1.08 bits per heavy atom. The molecule has 2 atom stereocenters. The SMILES string of the molecule is CC(C)N.CCCCNC.CNCCOCCOCC(=O)NCCOCCOCC=O.CO.NC(=O)CNS.O=CCCC(NC(=O)C1CCC(CNC(=O)CCCCCCCCCCCCCCCCCCC(=O)O)CC1)C(=O)O.O=CP. The fourth-order valence-electron chi connectivity index (χ4n) is 7.45. The molecule has 0 radical (unpaired) electrons. The van der Waals surface area contributed by atoms with Crippen molar-refractivity contribution < 1.29 is 77.4 Å². The number of rotatable bonds is 48. The highest BCUT2D eigenvalue weighted by Crippen LogP contribution is 2.29. The van der Waals surface area contributed by atoms with Gasteiger partial charge in [0.25, 0.3) is 0 Å². The number of thiol groups is 1. The first-order valence-corrected chi connectivity index (χ1v) is 31.4. The van der Waals surface area contributed by atoms with Gasteiger partial charge in [-0.15, -0.1) is 0 Å². The summed E-state index contributed by atoms with van der Waals surface area (Å²) in [5, 5.41) is 39.2. The maximum absolute atomic E-state index is 12.5. The van der Waals surface area contributed by atoms with Crippen LogP contribution >= 0.6 is 22.1 Å². The molecular formula is C58H119N8O16PS. The molecule has 0 aromatic carbocycles. The van der Waals surface area contributed by atoms with Crippen molar-refractivity contribution in [3.8, 4) is 0 Å². The van der Waals surface area contributed by atoms with Crippen molar-refractivity contribution in [2.75, 3.05) is 107 Å². The number of carboxylic acid groups (broad SMARTS) is 2. The standard InChI is InChI=1S/C33H58N2O7.C13H26N2O6.C5H13N.C3H9N.C2H6N2OS.CH3OP.CH4O/c36-25-17-18-29(33(41)42)35-32(40)28-23-21-27(22-24-28)26-34-30(37)19-15-13-11-9-7-5-3-1-2-4-6-8-10-12-14-16-20-31(38)39;1-14-2-5-18-10-11-21-12-13(17)15-3-6-19-8-9-20-7-4-16;1-3-4-5-6-2;1-3(2)4;3-2(5)1-4-6;2-1-3;1-2/h25,27-29H,1-24,26H2,(H,34,37)(H,35,40)(H,38,39)(H,41,42);4,14H,2-3,5-12H2,1H3,(H,15,17);6H,3-5H2,1-2H3;3H,4H2,1-2H3;4,6H,1H2,(H2,3,5);1H,3H2;2H,1H3. The Kier molecular flexibility index (Phi) is 86.3. The number of hydrogen-bond donors (Lipinski definition) is 12. The van der Waals surface area contributed by atoms with Crippen LogP contribution in [0.2, 0.25) is 0 Å². The van der Waals surface area contributed by atoms with E-state index in [0.717, 1.165) is 65.1 Å². The lowest BCUT2D eigenvalue weighted by atomic mass is 9.81. The normalized spacial score (nSPS) is 13.2. The van der Waals surface area contributed by atoms with E-state index in [4.69, 9.17) is 39.7 Å². The molecule has 0 heterocycles. The number of ether oxygens (including phenoxy) is 4. The topological polar surface area (TPSA) is 375 Å². The van der Waals surface area contributed by atoms with E-state index in [0.29, 0.717) is 109 Å². The fourth-order valence-corrected chi connectivity index (χ4v) is 7.60. The highest BCUT2D eigenvalue weighted by atomic mass is 32.1. The Morgan fingerprint density at radius 3 is 1.48 bits per heavy atom. The molecule has 1 aliphatic carbocycles. The number of nitrogens with one attached hydrogen (secondary N) is 6. The van der Waals surface area contributed by atoms with Gasteiger partial charge in [-0.05, 0) is 84.0 Å². The van der Waals surface area contributed by atoms with Crippen LogP contribution in [-0.2, 0) is 62.1 Å². The van der Waals surface area contributed by atoms with Crippen LogP contribution < -0.4 is 42.8 Å². The smallest absolute Gasteiger partial charge is 0.326 e. The van der Waals surface area contributed by atoms with E-state index in [1.165, 1.54) is 83.5 Å². The number of amides is 4. The summed E-state index contributed by atoms with van der Waals surface area (Å²) in [6, 6.07) is -0.0212. The Morgan fingerprint density at radius 1 is 0.631 bits per heavy atom. The Bertz CT molecular complexity index is 1490. The summed E-state index contributed by atoms with van der Waals surface area (Å²) in [5.41, 5.74) is 9.76. The third kappa shape index (κ3) is 87.0. The maximum Gasteiger partial charge on any atom is 0.326 e. The average Bonchev–Trinajstić information content (AvgIpc) is 3.46. The van der Waals surface area contributed by atoms with Crippen LogP contribution in [0.5, 0.6) is 0 Å². The van der Waals surface area contributed by atoms with Gasteiger partial charge < -0.3 is 81.9 Å². The van der Waals surface area contributed by atoms with Crippen molar-refractivity contribution in [1.29, 1.82) is 0 Å². The zero-order chi connectivity index (χ0) is 64.5. The van der Waals surface area contributed by atoms with Crippen LogP contribution in [0.4, 0.5) is 0 Å². The van der Waals surface area contributed by atoms with Gasteiger partial charge >= 0.3 is 11.9 Å². The minimum absolute atomic E-state index is 0.0117. The molecule has 1 fully saturated rings. The van der Waals surface area contributed by atoms with Crippen LogP contribution in [0, 0.1) is 11.8 Å². The first kappa shape index (κ1) is 91.4. The summed E-state index contributed by atoms with van der Waals surface area (Å²) in [6.07, 6.45) is 27.2. The van der Waals surface area contributed by atoms with Crippen LogP contribution in [0.15, 0.2) is 0 Å². The van der Waals surface area contributed by atoms with Gasteiger partial charge in [0, 0.05) is 51.9 Å². The summed E-state index contributed by atoms with van der Waals surface area (Å²) in [6.45, 7) is 11.9. The molecule has 13 N–H and O–H groups in total. The number of aliphatic carboxylic acids is 2.